The van der Waals surface area contributed by atoms with Crippen LogP contribution in [0.3, 0.4) is 0 Å². The van der Waals surface area contributed by atoms with Gasteiger partial charge in [-0.2, -0.15) is 0 Å². The van der Waals surface area contributed by atoms with E-state index in [0.29, 0.717) is 47.5 Å². The highest BCUT2D eigenvalue weighted by Gasteiger charge is 2.15. The number of nitrogens with one attached hydrogen (secondary N) is 2. The Morgan fingerprint density at radius 2 is 1.56 bits per heavy atom. The van der Waals surface area contributed by atoms with Gasteiger partial charge in [-0.3, -0.25) is 9.59 Å². The molecule has 36 heavy (non-hydrogen) atoms. The number of ether oxygens (including phenoxy) is 4. The van der Waals surface area contributed by atoms with Gasteiger partial charge in [-0.1, -0.05) is 12.1 Å². The third kappa shape index (κ3) is 7.40. The van der Waals surface area contributed by atoms with Crippen LogP contribution < -0.4 is 29.6 Å². The van der Waals surface area contributed by atoms with E-state index in [0.717, 1.165) is 5.56 Å². The molecule has 0 aliphatic heterocycles. The molecule has 0 heterocycles. The second-order valence-corrected chi connectivity index (χ2v) is 7.86. The van der Waals surface area contributed by atoms with E-state index in [-0.39, 0.29) is 24.5 Å². The molecule has 0 bridgehead atoms. The summed E-state index contributed by atoms with van der Waals surface area (Å²) in [6.07, 6.45) is 0. The summed E-state index contributed by atoms with van der Waals surface area (Å²) in [6.45, 7) is 6.62. The summed E-state index contributed by atoms with van der Waals surface area (Å²) in [4.78, 5) is 24.9. The molecule has 3 aromatic carbocycles. The second kappa shape index (κ2) is 13.0. The molecule has 0 aliphatic rings. The van der Waals surface area contributed by atoms with Crippen molar-refractivity contribution < 1.29 is 28.5 Å². The van der Waals surface area contributed by atoms with Crippen LogP contribution in [-0.2, 0) is 4.79 Å². The van der Waals surface area contributed by atoms with Gasteiger partial charge in [0.2, 0.25) is 0 Å². The van der Waals surface area contributed by atoms with Crippen LogP contribution in [0.2, 0.25) is 0 Å². The number of amides is 2. The van der Waals surface area contributed by atoms with Crippen LogP contribution in [0, 0.1) is 0 Å². The smallest absolute Gasteiger partial charge is 0.262 e. The highest BCUT2D eigenvalue weighted by Crippen LogP contribution is 2.31. The molecule has 1 atom stereocenters. The van der Waals surface area contributed by atoms with Crippen LogP contribution in [-0.4, -0.2) is 38.7 Å². The predicted octanol–water partition coefficient (Wildman–Crippen LogP) is 5.00. The zero-order valence-electron chi connectivity index (χ0n) is 21.0. The van der Waals surface area contributed by atoms with Crippen molar-refractivity contribution in [2.75, 3.05) is 32.2 Å². The molecule has 2 amide bonds. The first-order chi connectivity index (χ1) is 17.4. The highest BCUT2D eigenvalue weighted by atomic mass is 16.5. The minimum Gasteiger partial charge on any atom is -0.497 e. The minimum absolute atomic E-state index is 0.167. The van der Waals surface area contributed by atoms with Gasteiger partial charge in [-0.25, -0.2) is 0 Å². The molecule has 3 rings (SSSR count). The SMILES string of the molecule is CCOc1ccc(C(C)NC(=O)c2ccc(OCC(=O)Nc3cccc(OC)c3)cc2)cc1OCC. The summed E-state index contributed by atoms with van der Waals surface area (Å²) in [6, 6.07) is 19.1. The molecular weight excluding hydrogens is 460 g/mol. The van der Waals surface area contributed by atoms with Gasteiger partial charge in [0, 0.05) is 17.3 Å². The topological polar surface area (TPSA) is 95.1 Å². The predicted molar refractivity (Wildman–Crippen MR) is 138 cm³/mol. The fourth-order valence-electron chi connectivity index (χ4n) is 3.45. The van der Waals surface area contributed by atoms with Crippen LogP contribution in [0.4, 0.5) is 5.69 Å². The first-order valence-electron chi connectivity index (χ1n) is 11.8. The lowest BCUT2D eigenvalue weighted by atomic mass is 10.1. The van der Waals surface area contributed by atoms with E-state index in [2.05, 4.69) is 10.6 Å². The Hall–Kier alpha value is -4.20. The first kappa shape index (κ1) is 26.4. The van der Waals surface area contributed by atoms with Gasteiger partial charge in [0.25, 0.3) is 11.8 Å². The number of carbonyl (C=O) groups is 2. The molecular formula is C28H32N2O6. The molecule has 8 nitrogen and oxygen atoms in total. The molecule has 8 heteroatoms. The van der Waals surface area contributed by atoms with Crippen molar-refractivity contribution in [3.8, 4) is 23.0 Å². The lowest BCUT2D eigenvalue weighted by Crippen LogP contribution is -2.26. The Kier molecular flexibility index (Phi) is 9.56. The van der Waals surface area contributed by atoms with Crippen LogP contribution in [0.5, 0.6) is 23.0 Å². The van der Waals surface area contributed by atoms with Crippen molar-refractivity contribution in [1.82, 2.24) is 5.32 Å². The average molecular weight is 493 g/mol. The zero-order valence-corrected chi connectivity index (χ0v) is 21.0. The summed E-state index contributed by atoms with van der Waals surface area (Å²) in [5.41, 5.74) is 1.99. The molecule has 0 saturated carbocycles. The molecule has 0 saturated heterocycles. The van der Waals surface area contributed by atoms with Gasteiger partial charge in [-0.05, 0) is 74.9 Å². The van der Waals surface area contributed by atoms with Crippen LogP contribution in [0.25, 0.3) is 0 Å². The third-order valence-electron chi connectivity index (χ3n) is 5.25. The van der Waals surface area contributed by atoms with Crippen LogP contribution >= 0.6 is 0 Å². The Balaban J connectivity index is 1.54. The fraction of sp³-hybridized carbons (Fsp3) is 0.286. The fourth-order valence-corrected chi connectivity index (χ4v) is 3.45. The molecule has 0 aliphatic carbocycles. The van der Waals surface area contributed by atoms with E-state index in [1.54, 1.807) is 55.6 Å². The molecule has 0 fully saturated rings. The second-order valence-electron chi connectivity index (χ2n) is 7.86. The van der Waals surface area contributed by atoms with Crippen molar-refractivity contribution in [1.29, 1.82) is 0 Å². The quantitative estimate of drug-likeness (QED) is 0.369. The number of rotatable bonds is 12. The van der Waals surface area contributed by atoms with Crippen molar-refractivity contribution >= 4 is 17.5 Å². The maximum Gasteiger partial charge on any atom is 0.262 e. The molecule has 0 radical (unpaired) electrons. The van der Waals surface area contributed by atoms with E-state index in [1.807, 2.05) is 39.0 Å². The van der Waals surface area contributed by atoms with Gasteiger partial charge in [0.1, 0.15) is 11.5 Å². The molecule has 3 aromatic rings. The number of benzene rings is 3. The number of hydrogen-bond donors (Lipinski definition) is 2. The Labute approximate surface area is 211 Å². The number of hydrogen-bond acceptors (Lipinski definition) is 6. The van der Waals surface area contributed by atoms with E-state index in [9.17, 15) is 9.59 Å². The summed E-state index contributed by atoms with van der Waals surface area (Å²) < 4.78 is 22.0. The standard InChI is InChI=1S/C28H32N2O6/c1-5-34-25-15-12-21(16-26(25)35-6-2)19(3)29-28(32)20-10-13-23(14-11-20)36-18-27(31)30-22-8-7-9-24(17-22)33-4/h7-17,19H,5-6,18H2,1-4H3,(H,29,32)(H,30,31). The molecule has 1 unspecified atom stereocenters. The van der Waals surface area contributed by atoms with E-state index >= 15 is 0 Å². The summed E-state index contributed by atoms with van der Waals surface area (Å²) in [7, 11) is 1.56. The van der Waals surface area contributed by atoms with Crippen molar-refractivity contribution in [3.63, 3.8) is 0 Å². The van der Waals surface area contributed by atoms with E-state index in [1.165, 1.54) is 0 Å². The molecule has 0 spiro atoms. The largest absolute Gasteiger partial charge is 0.497 e. The Morgan fingerprint density at radius 3 is 2.25 bits per heavy atom. The van der Waals surface area contributed by atoms with Crippen LogP contribution in [0.1, 0.15) is 42.7 Å². The zero-order chi connectivity index (χ0) is 25.9. The number of carbonyl (C=O) groups excluding carboxylic acids is 2. The lowest BCUT2D eigenvalue weighted by Gasteiger charge is -2.17. The summed E-state index contributed by atoms with van der Waals surface area (Å²) >= 11 is 0. The van der Waals surface area contributed by atoms with Crippen molar-refractivity contribution in [3.05, 3.63) is 77.9 Å². The van der Waals surface area contributed by atoms with E-state index < -0.39 is 0 Å². The Morgan fingerprint density at radius 1 is 0.833 bits per heavy atom. The number of anilines is 1. The van der Waals surface area contributed by atoms with Crippen LogP contribution in [0.15, 0.2) is 66.7 Å². The maximum absolute atomic E-state index is 12.8. The van der Waals surface area contributed by atoms with Gasteiger partial charge < -0.3 is 29.6 Å². The molecule has 2 N–H and O–H groups in total. The van der Waals surface area contributed by atoms with Gasteiger partial charge in [0.05, 0.1) is 26.4 Å². The van der Waals surface area contributed by atoms with Gasteiger partial charge in [0.15, 0.2) is 18.1 Å². The Bertz CT molecular complexity index is 1160. The summed E-state index contributed by atoms with van der Waals surface area (Å²) in [5, 5.41) is 5.74. The minimum atomic E-state index is -0.305. The van der Waals surface area contributed by atoms with Crippen molar-refractivity contribution in [2.24, 2.45) is 0 Å². The molecule has 0 aromatic heterocycles. The van der Waals surface area contributed by atoms with E-state index in [4.69, 9.17) is 18.9 Å². The average Bonchev–Trinajstić information content (AvgIpc) is 2.89. The third-order valence-corrected chi connectivity index (χ3v) is 5.25. The monoisotopic (exact) mass is 492 g/mol. The highest BCUT2D eigenvalue weighted by molar-refractivity contribution is 5.94. The molecule has 190 valence electrons. The maximum atomic E-state index is 12.8. The van der Waals surface area contributed by atoms with Gasteiger partial charge >= 0.3 is 0 Å². The summed E-state index contributed by atoms with van der Waals surface area (Å²) in [5.74, 6) is 1.92. The lowest BCUT2D eigenvalue weighted by molar-refractivity contribution is -0.118. The van der Waals surface area contributed by atoms with Gasteiger partial charge in [-0.15, -0.1) is 0 Å². The van der Waals surface area contributed by atoms with Crippen molar-refractivity contribution in [2.45, 2.75) is 26.8 Å². The normalized spacial score (nSPS) is 11.2. The first-order valence-corrected chi connectivity index (χ1v) is 11.8. The number of methoxy groups -OCH3 is 1.